The summed E-state index contributed by atoms with van der Waals surface area (Å²) in [5.41, 5.74) is -2.41. The van der Waals surface area contributed by atoms with Crippen LogP contribution in [0.2, 0.25) is 5.02 Å². The van der Waals surface area contributed by atoms with Crippen LogP contribution in [-0.2, 0) is 10.2 Å². The van der Waals surface area contributed by atoms with E-state index in [1.807, 2.05) is 0 Å². The molecule has 1 fully saturated rings. The predicted octanol–water partition coefficient (Wildman–Crippen LogP) is 2.10. The molecule has 1 aliphatic rings. The summed E-state index contributed by atoms with van der Waals surface area (Å²) in [6.07, 6.45) is 0.344. The highest BCUT2D eigenvalue weighted by molar-refractivity contribution is 6.31. The van der Waals surface area contributed by atoms with E-state index in [0.717, 1.165) is 12.3 Å². The first-order valence-electron chi connectivity index (χ1n) is 4.66. The van der Waals surface area contributed by atoms with Gasteiger partial charge in [-0.3, -0.25) is 4.79 Å². The summed E-state index contributed by atoms with van der Waals surface area (Å²) in [4.78, 5) is 14.8. The number of carbonyl (C=O) groups is 1. The molecule has 0 amide bonds. The number of aromatic nitrogens is 1. The number of halogens is 3. The number of nitrogens with zero attached hydrogens (tertiary/aromatic N) is 1. The van der Waals surface area contributed by atoms with Gasteiger partial charge in [0.1, 0.15) is 0 Å². The van der Waals surface area contributed by atoms with Crippen molar-refractivity contribution in [1.82, 2.24) is 4.98 Å². The molecule has 1 N–H and O–H groups in total. The fourth-order valence-electron chi connectivity index (χ4n) is 1.79. The van der Waals surface area contributed by atoms with Gasteiger partial charge in [-0.25, -0.2) is 13.8 Å². The average molecular weight is 264 g/mol. The standard InChI is InChI=1S/C10H8ClF2NO3/c1-17-7-2-5(6(11)3-14-7)9(8(15)16)4-10(9,12)13/h2-3H,4H2,1H3,(H,15,16). The van der Waals surface area contributed by atoms with Crippen molar-refractivity contribution >= 4 is 17.6 Å². The van der Waals surface area contributed by atoms with Crippen molar-refractivity contribution in [3.63, 3.8) is 0 Å². The maximum Gasteiger partial charge on any atom is 0.320 e. The summed E-state index contributed by atoms with van der Waals surface area (Å²) >= 11 is 5.73. The van der Waals surface area contributed by atoms with Crippen LogP contribution in [0, 0.1) is 0 Å². The van der Waals surface area contributed by atoms with Crippen LogP contribution in [0.25, 0.3) is 0 Å². The lowest BCUT2D eigenvalue weighted by molar-refractivity contribution is -0.142. The molecule has 2 rings (SSSR count). The van der Waals surface area contributed by atoms with Gasteiger partial charge in [0, 0.05) is 24.2 Å². The molecule has 7 heteroatoms. The van der Waals surface area contributed by atoms with E-state index in [1.165, 1.54) is 7.11 Å². The Labute approximate surface area is 100 Å². The molecule has 1 aromatic rings. The molecule has 0 spiro atoms. The SMILES string of the molecule is COc1cc(C2(C(=O)O)CC2(F)F)c(Cl)cn1. The average Bonchev–Trinajstić information content (AvgIpc) is 2.84. The summed E-state index contributed by atoms with van der Waals surface area (Å²) in [6.45, 7) is 0. The topological polar surface area (TPSA) is 59.4 Å². The summed E-state index contributed by atoms with van der Waals surface area (Å²) in [5.74, 6) is -4.85. The zero-order chi connectivity index (χ0) is 12.8. The highest BCUT2D eigenvalue weighted by Gasteiger charge is 2.78. The summed E-state index contributed by atoms with van der Waals surface area (Å²) < 4.78 is 31.4. The Bertz CT molecular complexity index is 494. The smallest absolute Gasteiger partial charge is 0.320 e. The second kappa shape index (κ2) is 3.53. The number of hydrogen-bond donors (Lipinski definition) is 1. The van der Waals surface area contributed by atoms with Crippen LogP contribution in [0.4, 0.5) is 8.78 Å². The van der Waals surface area contributed by atoms with Gasteiger partial charge in [-0.2, -0.15) is 0 Å². The predicted molar refractivity (Wildman–Crippen MR) is 54.7 cm³/mol. The van der Waals surface area contributed by atoms with Gasteiger partial charge >= 0.3 is 5.97 Å². The molecule has 92 valence electrons. The number of pyridine rings is 1. The highest BCUT2D eigenvalue weighted by Crippen LogP contribution is 2.63. The van der Waals surface area contributed by atoms with Gasteiger partial charge in [0.15, 0.2) is 5.41 Å². The van der Waals surface area contributed by atoms with Crippen LogP contribution in [0.1, 0.15) is 12.0 Å². The molecule has 0 radical (unpaired) electrons. The zero-order valence-corrected chi connectivity index (χ0v) is 9.46. The van der Waals surface area contributed by atoms with E-state index in [1.54, 1.807) is 0 Å². The second-order valence-corrected chi connectivity index (χ2v) is 4.21. The Morgan fingerprint density at radius 3 is 2.65 bits per heavy atom. The van der Waals surface area contributed by atoms with Gasteiger partial charge in [0.25, 0.3) is 5.92 Å². The molecule has 0 saturated heterocycles. The van der Waals surface area contributed by atoms with Crippen molar-refractivity contribution in [2.75, 3.05) is 7.11 Å². The molecule has 0 aromatic carbocycles. The van der Waals surface area contributed by atoms with Crippen molar-refractivity contribution in [1.29, 1.82) is 0 Å². The van der Waals surface area contributed by atoms with Gasteiger partial charge in [0.2, 0.25) is 5.88 Å². The molecule has 4 nitrogen and oxygen atoms in total. The Kier molecular flexibility index (Phi) is 2.50. The minimum atomic E-state index is -3.30. The van der Waals surface area contributed by atoms with Crippen molar-refractivity contribution in [2.45, 2.75) is 17.8 Å². The molecule has 17 heavy (non-hydrogen) atoms. The van der Waals surface area contributed by atoms with E-state index in [0.29, 0.717) is 0 Å². The number of rotatable bonds is 3. The molecule has 1 unspecified atom stereocenters. The van der Waals surface area contributed by atoms with Gasteiger partial charge in [-0.05, 0) is 0 Å². The fraction of sp³-hybridized carbons (Fsp3) is 0.400. The maximum atomic E-state index is 13.3. The second-order valence-electron chi connectivity index (χ2n) is 3.80. The van der Waals surface area contributed by atoms with Crippen molar-refractivity contribution in [3.05, 3.63) is 22.8 Å². The maximum absolute atomic E-state index is 13.3. The lowest BCUT2D eigenvalue weighted by Gasteiger charge is -2.14. The lowest BCUT2D eigenvalue weighted by Crippen LogP contribution is -2.27. The number of aliphatic carboxylic acids is 1. The summed E-state index contributed by atoms with van der Waals surface area (Å²) in [6, 6.07) is 1.14. The molecule has 0 bridgehead atoms. The van der Waals surface area contributed by atoms with Crippen LogP contribution < -0.4 is 4.74 Å². The zero-order valence-electron chi connectivity index (χ0n) is 8.71. The third-order valence-corrected chi connectivity index (χ3v) is 3.15. The quantitative estimate of drug-likeness (QED) is 0.907. The highest BCUT2D eigenvalue weighted by atomic mass is 35.5. The Morgan fingerprint density at radius 2 is 2.24 bits per heavy atom. The van der Waals surface area contributed by atoms with Crippen molar-refractivity contribution in [2.24, 2.45) is 0 Å². The lowest BCUT2D eigenvalue weighted by atomic mass is 9.96. The van der Waals surface area contributed by atoms with Gasteiger partial charge < -0.3 is 9.84 Å². The first kappa shape index (κ1) is 12.0. The molecule has 1 aromatic heterocycles. The minimum Gasteiger partial charge on any atom is -0.481 e. The molecule has 1 atom stereocenters. The number of alkyl halides is 2. The van der Waals surface area contributed by atoms with Crippen LogP contribution >= 0.6 is 11.6 Å². The van der Waals surface area contributed by atoms with Crippen LogP contribution in [0.5, 0.6) is 5.88 Å². The molecule has 0 aliphatic heterocycles. The van der Waals surface area contributed by atoms with Gasteiger partial charge in [-0.15, -0.1) is 0 Å². The van der Waals surface area contributed by atoms with E-state index >= 15 is 0 Å². The molecular formula is C10H8ClF2NO3. The normalized spacial score (nSPS) is 25.4. The monoisotopic (exact) mass is 263 g/mol. The van der Waals surface area contributed by atoms with E-state index in [4.69, 9.17) is 21.4 Å². The number of carboxylic acid groups (broad SMARTS) is 1. The van der Waals surface area contributed by atoms with E-state index in [2.05, 4.69) is 4.98 Å². The Balaban J connectivity index is 2.57. The van der Waals surface area contributed by atoms with E-state index in [-0.39, 0.29) is 16.5 Å². The van der Waals surface area contributed by atoms with Crippen LogP contribution in [-0.4, -0.2) is 29.1 Å². The Hall–Kier alpha value is -1.43. The van der Waals surface area contributed by atoms with E-state index < -0.39 is 23.7 Å². The van der Waals surface area contributed by atoms with Crippen LogP contribution in [0.15, 0.2) is 12.3 Å². The van der Waals surface area contributed by atoms with Gasteiger partial charge in [0.05, 0.1) is 12.1 Å². The molecule has 1 saturated carbocycles. The number of carboxylic acids is 1. The van der Waals surface area contributed by atoms with Crippen molar-refractivity contribution in [3.8, 4) is 5.88 Å². The third-order valence-electron chi connectivity index (χ3n) is 2.85. The first-order valence-corrected chi connectivity index (χ1v) is 5.04. The largest absolute Gasteiger partial charge is 0.481 e. The number of hydrogen-bond acceptors (Lipinski definition) is 3. The molecule has 1 heterocycles. The van der Waals surface area contributed by atoms with E-state index in [9.17, 15) is 13.6 Å². The number of ether oxygens (including phenoxy) is 1. The van der Waals surface area contributed by atoms with Crippen molar-refractivity contribution < 1.29 is 23.4 Å². The molecular weight excluding hydrogens is 256 g/mol. The fourth-order valence-corrected chi connectivity index (χ4v) is 2.05. The minimum absolute atomic E-state index is 0.0488. The molecule has 1 aliphatic carbocycles. The first-order chi connectivity index (χ1) is 7.85. The Morgan fingerprint density at radius 1 is 1.65 bits per heavy atom. The summed E-state index contributed by atoms with van der Waals surface area (Å²) in [7, 11) is 1.30. The summed E-state index contributed by atoms with van der Waals surface area (Å²) in [5, 5.41) is 8.87. The third kappa shape index (κ3) is 1.55. The van der Waals surface area contributed by atoms with Crippen LogP contribution in [0.3, 0.4) is 0 Å². The number of methoxy groups -OCH3 is 1. The van der Waals surface area contributed by atoms with Gasteiger partial charge in [-0.1, -0.05) is 11.6 Å².